The van der Waals surface area contributed by atoms with E-state index in [4.69, 9.17) is 9.47 Å². The van der Waals surface area contributed by atoms with Gasteiger partial charge in [0.15, 0.2) is 0 Å². The van der Waals surface area contributed by atoms with Crippen LogP contribution in [0.1, 0.15) is 33.6 Å². The summed E-state index contributed by atoms with van der Waals surface area (Å²) >= 11 is 1.76. The molecule has 2 unspecified atom stereocenters. The van der Waals surface area contributed by atoms with Crippen LogP contribution in [0.5, 0.6) is 0 Å². The summed E-state index contributed by atoms with van der Waals surface area (Å²) in [5, 5.41) is 3.23. The van der Waals surface area contributed by atoms with E-state index in [0.29, 0.717) is 12.7 Å². The lowest BCUT2D eigenvalue weighted by Crippen LogP contribution is -2.52. The SMILES string of the molecule is CCNC(C)(CSCC1CCCO1)C(=O)OCC. The number of ether oxygens (including phenoxy) is 2. The molecule has 1 aliphatic heterocycles. The van der Waals surface area contributed by atoms with Crippen molar-refractivity contribution in [3.8, 4) is 0 Å². The van der Waals surface area contributed by atoms with Gasteiger partial charge in [-0.3, -0.25) is 4.79 Å². The molecular weight excluding hydrogens is 250 g/mol. The highest BCUT2D eigenvalue weighted by Gasteiger charge is 2.34. The first-order valence-corrected chi connectivity index (χ1v) is 7.89. The number of rotatable bonds is 8. The van der Waals surface area contributed by atoms with Crippen LogP contribution in [-0.2, 0) is 14.3 Å². The molecular formula is C13H25NO3S. The van der Waals surface area contributed by atoms with E-state index in [1.54, 1.807) is 11.8 Å². The minimum absolute atomic E-state index is 0.160. The molecule has 4 nitrogen and oxygen atoms in total. The summed E-state index contributed by atoms with van der Waals surface area (Å²) < 4.78 is 10.7. The average Bonchev–Trinajstić information content (AvgIpc) is 2.83. The van der Waals surface area contributed by atoms with Gasteiger partial charge < -0.3 is 14.8 Å². The molecule has 1 rings (SSSR count). The number of carbonyl (C=O) groups is 1. The molecule has 1 saturated heterocycles. The molecule has 1 heterocycles. The van der Waals surface area contributed by atoms with Gasteiger partial charge in [-0.25, -0.2) is 0 Å². The first-order chi connectivity index (χ1) is 8.62. The maximum atomic E-state index is 12.0. The zero-order valence-electron chi connectivity index (χ0n) is 11.7. The molecule has 1 N–H and O–H groups in total. The van der Waals surface area contributed by atoms with Crippen LogP contribution < -0.4 is 5.32 Å². The first kappa shape index (κ1) is 15.8. The number of esters is 1. The van der Waals surface area contributed by atoms with Crippen molar-refractivity contribution in [2.45, 2.75) is 45.3 Å². The van der Waals surface area contributed by atoms with Gasteiger partial charge in [0.05, 0.1) is 12.7 Å². The van der Waals surface area contributed by atoms with Crippen LogP contribution in [0.3, 0.4) is 0 Å². The van der Waals surface area contributed by atoms with Gasteiger partial charge in [0.1, 0.15) is 5.54 Å². The lowest BCUT2D eigenvalue weighted by Gasteiger charge is -2.28. The standard InChI is InChI=1S/C13H25NO3S/c1-4-14-13(3,12(15)16-5-2)10-18-9-11-7-6-8-17-11/h11,14H,4-10H2,1-3H3. The van der Waals surface area contributed by atoms with Crippen LogP contribution in [-0.4, -0.2) is 48.9 Å². The molecule has 0 spiro atoms. The Morgan fingerprint density at radius 3 is 2.89 bits per heavy atom. The van der Waals surface area contributed by atoms with Crippen molar-refractivity contribution in [3.63, 3.8) is 0 Å². The van der Waals surface area contributed by atoms with E-state index >= 15 is 0 Å². The fourth-order valence-corrected chi connectivity index (χ4v) is 3.30. The maximum absolute atomic E-state index is 12.0. The lowest BCUT2D eigenvalue weighted by molar-refractivity contribution is -0.149. The van der Waals surface area contributed by atoms with Gasteiger partial charge in [-0.05, 0) is 33.2 Å². The average molecular weight is 275 g/mol. The zero-order valence-corrected chi connectivity index (χ0v) is 12.5. The normalized spacial score (nSPS) is 22.7. The Labute approximate surface area is 114 Å². The Balaban J connectivity index is 2.37. The van der Waals surface area contributed by atoms with Crippen LogP contribution >= 0.6 is 11.8 Å². The van der Waals surface area contributed by atoms with Gasteiger partial charge in [-0.2, -0.15) is 11.8 Å². The van der Waals surface area contributed by atoms with E-state index < -0.39 is 5.54 Å². The van der Waals surface area contributed by atoms with Gasteiger partial charge in [0.25, 0.3) is 0 Å². The highest BCUT2D eigenvalue weighted by Crippen LogP contribution is 2.21. The summed E-state index contributed by atoms with van der Waals surface area (Å²) in [6.45, 7) is 7.82. The third-order valence-electron chi connectivity index (χ3n) is 3.01. The number of thioether (sulfide) groups is 1. The molecule has 0 aromatic heterocycles. The van der Waals surface area contributed by atoms with E-state index in [9.17, 15) is 4.79 Å². The molecule has 2 atom stereocenters. The molecule has 1 fully saturated rings. The molecule has 0 aromatic carbocycles. The summed E-state index contributed by atoms with van der Waals surface area (Å²) in [6, 6.07) is 0. The maximum Gasteiger partial charge on any atom is 0.326 e. The van der Waals surface area contributed by atoms with Crippen LogP contribution in [0, 0.1) is 0 Å². The van der Waals surface area contributed by atoms with E-state index in [1.807, 2.05) is 20.8 Å². The van der Waals surface area contributed by atoms with Gasteiger partial charge in [-0.1, -0.05) is 6.92 Å². The van der Waals surface area contributed by atoms with E-state index in [-0.39, 0.29) is 5.97 Å². The smallest absolute Gasteiger partial charge is 0.326 e. The monoisotopic (exact) mass is 275 g/mol. The number of hydrogen-bond donors (Lipinski definition) is 1. The number of hydrogen-bond acceptors (Lipinski definition) is 5. The third kappa shape index (κ3) is 4.78. The lowest BCUT2D eigenvalue weighted by atomic mass is 10.1. The van der Waals surface area contributed by atoms with Crippen molar-refractivity contribution in [2.75, 3.05) is 31.3 Å². The largest absolute Gasteiger partial charge is 0.465 e. The summed E-state index contributed by atoms with van der Waals surface area (Å²) in [6.07, 6.45) is 2.67. The Kier molecular flexibility index (Phi) is 7.04. The van der Waals surface area contributed by atoms with Crippen molar-refractivity contribution >= 4 is 17.7 Å². The number of nitrogens with one attached hydrogen (secondary N) is 1. The molecule has 0 saturated carbocycles. The third-order valence-corrected chi connectivity index (χ3v) is 4.40. The van der Waals surface area contributed by atoms with Crippen LogP contribution in [0.25, 0.3) is 0 Å². The van der Waals surface area contributed by atoms with E-state index in [2.05, 4.69) is 5.32 Å². The minimum atomic E-state index is -0.589. The summed E-state index contributed by atoms with van der Waals surface area (Å²) in [7, 11) is 0. The van der Waals surface area contributed by atoms with Gasteiger partial charge >= 0.3 is 5.97 Å². The molecule has 1 aliphatic rings. The Bertz CT molecular complexity index is 257. The molecule has 18 heavy (non-hydrogen) atoms. The highest BCUT2D eigenvalue weighted by atomic mass is 32.2. The summed E-state index contributed by atoms with van der Waals surface area (Å²) in [5.41, 5.74) is -0.589. The van der Waals surface area contributed by atoms with E-state index in [0.717, 1.165) is 37.5 Å². The highest BCUT2D eigenvalue weighted by molar-refractivity contribution is 7.99. The Morgan fingerprint density at radius 1 is 1.56 bits per heavy atom. The fourth-order valence-electron chi connectivity index (χ4n) is 2.03. The van der Waals surface area contributed by atoms with Crippen molar-refractivity contribution in [3.05, 3.63) is 0 Å². The zero-order chi connectivity index (χ0) is 13.4. The Hall–Kier alpha value is -0.260. The fraction of sp³-hybridized carbons (Fsp3) is 0.923. The van der Waals surface area contributed by atoms with Crippen molar-refractivity contribution in [1.82, 2.24) is 5.32 Å². The van der Waals surface area contributed by atoms with Crippen LogP contribution in [0.2, 0.25) is 0 Å². The molecule has 0 radical (unpaired) electrons. The summed E-state index contributed by atoms with van der Waals surface area (Å²) in [5.74, 6) is 1.52. The predicted molar refractivity (Wildman–Crippen MR) is 75.0 cm³/mol. The predicted octanol–water partition coefficient (Wildman–Crippen LogP) is 1.83. The van der Waals surface area contributed by atoms with Crippen LogP contribution in [0.4, 0.5) is 0 Å². The number of carbonyl (C=O) groups excluding carboxylic acids is 1. The second-order valence-electron chi connectivity index (χ2n) is 4.73. The second-order valence-corrected chi connectivity index (χ2v) is 5.76. The molecule has 5 heteroatoms. The van der Waals surface area contributed by atoms with Gasteiger partial charge in [0, 0.05) is 18.1 Å². The van der Waals surface area contributed by atoms with Crippen molar-refractivity contribution < 1.29 is 14.3 Å². The minimum Gasteiger partial charge on any atom is -0.465 e. The first-order valence-electron chi connectivity index (χ1n) is 6.74. The van der Waals surface area contributed by atoms with Crippen molar-refractivity contribution in [2.24, 2.45) is 0 Å². The number of likely N-dealkylation sites (N-methyl/N-ethyl adjacent to an activating group) is 1. The van der Waals surface area contributed by atoms with E-state index in [1.165, 1.54) is 0 Å². The second kappa shape index (κ2) is 8.02. The van der Waals surface area contributed by atoms with Gasteiger partial charge in [-0.15, -0.1) is 0 Å². The van der Waals surface area contributed by atoms with Crippen molar-refractivity contribution in [1.29, 1.82) is 0 Å². The molecule has 0 aliphatic carbocycles. The molecule has 0 bridgehead atoms. The van der Waals surface area contributed by atoms with Crippen LogP contribution in [0.15, 0.2) is 0 Å². The van der Waals surface area contributed by atoms with Gasteiger partial charge in [0.2, 0.25) is 0 Å². The Morgan fingerprint density at radius 2 is 2.33 bits per heavy atom. The summed E-state index contributed by atoms with van der Waals surface area (Å²) in [4.78, 5) is 12.0. The molecule has 0 aromatic rings. The molecule has 106 valence electrons. The topological polar surface area (TPSA) is 47.6 Å². The quantitative estimate of drug-likeness (QED) is 0.685. The molecule has 0 amide bonds.